The van der Waals surface area contributed by atoms with E-state index in [4.69, 9.17) is 9.72 Å². The highest BCUT2D eigenvalue weighted by atomic mass is 32.2. The highest BCUT2D eigenvalue weighted by molar-refractivity contribution is 7.89. The van der Waals surface area contributed by atoms with Crippen molar-refractivity contribution in [3.05, 3.63) is 78.4 Å². The Kier molecular flexibility index (Phi) is 7.33. The van der Waals surface area contributed by atoms with Crippen molar-refractivity contribution in [3.8, 4) is 17.1 Å². The molecule has 2 heterocycles. The van der Waals surface area contributed by atoms with Crippen molar-refractivity contribution in [3.63, 3.8) is 0 Å². The number of benzene rings is 3. The maximum absolute atomic E-state index is 13.2. The summed E-state index contributed by atoms with van der Waals surface area (Å²) in [6.07, 6.45) is 7.28. The molecule has 40 heavy (non-hydrogen) atoms. The minimum atomic E-state index is -3.57. The average Bonchev–Trinajstić information content (AvgIpc) is 3.62. The quantitative estimate of drug-likeness (QED) is 0.278. The van der Waals surface area contributed by atoms with Gasteiger partial charge in [0.2, 0.25) is 10.0 Å². The number of hydrogen-bond donors (Lipinski definition) is 1. The van der Waals surface area contributed by atoms with Crippen LogP contribution in [0.5, 0.6) is 5.75 Å². The van der Waals surface area contributed by atoms with Crippen LogP contribution in [0.2, 0.25) is 0 Å². The van der Waals surface area contributed by atoms with Crippen LogP contribution in [0.15, 0.2) is 77.7 Å². The lowest BCUT2D eigenvalue weighted by atomic mass is 9.95. The number of carboxylic acid groups (broad SMARTS) is 1. The van der Waals surface area contributed by atoms with Gasteiger partial charge in [-0.1, -0.05) is 37.5 Å². The first-order chi connectivity index (χ1) is 19.4. The molecule has 1 aliphatic carbocycles. The van der Waals surface area contributed by atoms with E-state index in [1.807, 2.05) is 36.4 Å². The smallest absolute Gasteiger partial charge is 0.335 e. The normalized spacial score (nSPS) is 18.8. The number of imidazole rings is 1. The van der Waals surface area contributed by atoms with Crippen molar-refractivity contribution >= 4 is 27.0 Å². The van der Waals surface area contributed by atoms with Crippen molar-refractivity contribution < 1.29 is 23.1 Å². The van der Waals surface area contributed by atoms with Crippen molar-refractivity contribution in [2.24, 2.45) is 0 Å². The number of nitrogens with zero attached hydrogens (tertiary/aromatic N) is 3. The average molecular weight is 560 g/mol. The van der Waals surface area contributed by atoms with Gasteiger partial charge >= 0.3 is 5.97 Å². The predicted molar refractivity (Wildman–Crippen MR) is 153 cm³/mol. The largest absolute Gasteiger partial charge is 0.492 e. The molecule has 1 saturated heterocycles. The molecule has 8 nitrogen and oxygen atoms in total. The SMILES string of the molecule is O=C(O)c1ccc2c(c1)nc(-c1ccc(OCC3CCCN3S(=O)(=O)c3ccccc3)cc1)n2C1CCCCC1. The molecule has 1 aromatic heterocycles. The summed E-state index contributed by atoms with van der Waals surface area (Å²) in [7, 11) is -3.57. The van der Waals surface area contributed by atoms with E-state index < -0.39 is 16.0 Å². The molecule has 1 aliphatic heterocycles. The lowest BCUT2D eigenvalue weighted by Gasteiger charge is -2.26. The number of carbonyl (C=O) groups is 1. The Bertz CT molecular complexity index is 1610. The van der Waals surface area contributed by atoms with E-state index in [0.29, 0.717) is 28.7 Å². The lowest BCUT2D eigenvalue weighted by molar-refractivity contribution is 0.0697. The second kappa shape index (κ2) is 11.1. The van der Waals surface area contributed by atoms with Gasteiger partial charge in [-0.3, -0.25) is 0 Å². The van der Waals surface area contributed by atoms with E-state index in [1.165, 1.54) is 19.3 Å². The van der Waals surface area contributed by atoms with Crippen molar-refractivity contribution in [1.82, 2.24) is 13.9 Å². The molecule has 1 unspecified atom stereocenters. The maximum Gasteiger partial charge on any atom is 0.335 e. The van der Waals surface area contributed by atoms with Gasteiger partial charge in [-0.2, -0.15) is 4.31 Å². The van der Waals surface area contributed by atoms with Gasteiger partial charge < -0.3 is 14.4 Å². The Morgan fingerprint density at radius 1 is 0.925 bits per heavy atom. The molecule has 1 N–H and O–H groups in total. The first-order valence-corrected chi connectivity index (χ1v) is 15.4. The van der Waals surface area contributed by atoms with Crippen LogP contribution in [0.25, 0.3) is 22.4 Å². The van der Waals surface area contributed by atoms with Gasteiger partial charge in [0.05, 0.1) is 27.5 Å². The van der Waals surface area contributed by atoms with Crippen LogP contribution in [0.1, 0.15) is 61.3 Å². The molecular formula is C31H33N3O5S. The maximum atomic E-state index is 13.2. The molecule has 1 atom stereocenters. The molecule has 2 aliphatic rings. The fraction of sp³-hybridized carbons (Fsp3) is 0.355. The number of sulfonamides is 1. The van der Waals surface area contributed by atoms with E-state index in [9.17, 15) is 18.3 Å². The molecule has 2 fully saturated rings. The van der Waals surface area contributed by atoms with Gasteiger partial charge in [0.25, 0.3) is 0 Å². The number of ether oxygens (including phenoxy) is 1. The van der Waals surface area contributed by atoms with Gasteiger partial charge in [0, 0.05) is 18.2 Å². The predicted octanol–water partition coefficient (Wildman–Crippen LogP) is 6.14. The Labute approximate surface area is 234 Å². The zero-order valence-corrected chi connectivity index (χ0v) is 23.1. The van der Waals surface area contributed by atoms with Crippen LogP contribution in [0.4, 0.5) is 0 Å². The third-order valence-corrected chi connectivity index (χ3v) is 10.1. The summed E-state index contributed by atoms with van der Waals surface area (Å²) >= 11 is 0. The summed E-state index contributed by atoms with van der Waals surface area (Å²) < 4.78 is 36.3. The van der Waals surface area contributed by atoms with E-state index in [2.05, 4.69) is 4.57 Å². The van der Waals surface area contributed by atoms with E-state index >= 15 is 0 Å². The molecule has 4 aromatic rings. The van der Waals surface area contributed by atoms with Gasteiger partial charge in [-0.05, 0) is 80.3 Å². The lowest BCUT2D eigenvalue weighted by Crippen LogP contribution is -2.39. The molecule has 1 saturated carbocycles. The molecule has 0 amide bonds. The molecule has 208 valence electrons. The van der Waals surface area contributed by atoms with Crippen molar-refractivity contribution in [1.29, 1.82) is 0 Å². The monoisotopic (exact) mass is 559 g/mol. The number of rotatable bonds is 8. The van der Waals surface area contributed by atoms with E-state index in [0.717, 1.165) is 42.6 Å². The number of carboxylic acids is 1. The second-order valence-electron chi connectivity index (χ2n) is 10.7. The molecule has 3 aromatic carbocycles. The molecular weight excluding hydrogens is 526 g/mol. The number of fused-ring (bicyclic) bond motifs is 1. The van der Waals surface area contributed by atoms with Crippen LogP contribution in [-0.2, 0) is 10.0 Å². The molecule has 0 spiro atoms. The first-order valence-electron chi connectivity index (χ1n) is 14.0. The van der Waals surface area contributed by atoms with Crippen molar-refractivity contribution in [2.75, 3.05) is 13.2 Å². The van der Waals surface area contributed by atoms with Crippen molar-refractivity contribution in [2.45, 2.75) is 61.9 Å². The number of aromatic nitrogens is 2. The molecule has 6 rings (SSSR count). The summed E-state index contributed by atoms with van der Waals surface area (Å²) in [5, 5.41) is 9.48. The van der Waals surface area contributed by atoms with Crippen LogP contribution in [0.3, 0.4) is 0 Å². The standard InChI is InChI=1S/C31H33N3O5S/c35-31(36)23-15-18-29-28(20-23)32-30(34(29)24-8-3-1-4-9-24)22-13-16-26(17-14-22)39-21-25-10-7-19-33(25)40(37,38)27-11-5-2-6-12-27/h2,5-6,11-18,20,24-25H,1,3-4,7-10,19,21H2,(H,35,36). The fourth-order valence-corrected chi connectivity index (χ4v) is 7.76. The summed E-state index contributed by atoms with van der Waals surface area (Å²) in [6, 6.07) is 21.6. The van der Waals surface area contributed by atoms with Gasteiger partial charge in [0.1, 0.15) is 18.2 Å². The molecule has 0 radical (unpaired) electrons. The molecule has 0 bridgehead atoms. The summed E-state index contributed by atoms with van der Waals surface area (Å²) in [5.41, 5.74) is 2.79. The van der Waals surface area contributed by atoms with Crippen LogP contribution < -0.4 is 4.74 Å². The number of hydrogen-bond acceptors (Lipinski definition) is 5. The summed E-state index contributed by atoms with van der Waals surface area (Å²) in [5.74, 6) is 0.530. The van der Waals surface area contributed by atoms with Crippen LogP contribution >= 0.6 is 0 Å². The minimum Gasteiger partial charge on any atom is -0.492 e. The third-order valence-electron chi connectivity index (χ3n) is 8.10. The van der Waals surface area contributed by atoms with Gasteiger partial charge in [-0.25, -0.2) is 18.2 Å². The molecule has 9 heteroatoms. The highest BCUT2D eigenvalue weighted by Gasteiger charge is 2.35. The fourth-order valence-electron chi connectivity index (χ4n) is 6.06. The Morgan fingerprint density at radius 3 is 2.40 bits per heavy atom. The topological polar surface area (TPSA) is 102 Å². The van der Waals surface area contributed by atoms with Crippen LogP contribution in [0, 0.1) is 0 Å². The number of aromatic carboxylic acids is 1. The second-order valence-corrected chi connectivity index (χ2v) is 12.6. The van der Waals surface area contributed by atoms with Crippen LogP contribution in [-0.4, -0.2) is 52.5 Å². The Balaban J connectivity index is 1.23. The zero-order chi connectivity index (χ0) is 27.7. The minimum absolute atomic E-state index is 0.219. The Morgan fingerprint density at radius 2 is 1.68 bits per heavy atom. The van der Waals surface area contributed by atoms with Gasteiger partial charge in [-0.15, -0.1) is 0 Å². The van der Waals surface area contributed by atoms with E-state index in [1.54, 1.807) is 40.7 Å². The Hall–Kier alpha value is -3.69. The highest BCUT2D eigenvalue weighted by Crippen LogP contribution is 2.36. The third kappa shape index (κ3) is 5.11. The zero-order valence-electron chi connectivity index (χ0n) is 22.3. The summed E-state index contributed by atoms with van der Waals surface area (Å²) in [6.45, 7) is 0.773. The first kappa shape index (κ1) is 26.5. The van der Waals surface area contributed by atoms with Gasteiger partial charge in [0.15, 0.2) is 0 Å². The van der Waals surface area contributed by atoms with E-state index in [-0.39, 0.29) is 18.2 Å². The summed E-state index contributed by atoms with van der Waals surface area (Å²) in [4.78, 5) is 16.8.